The molecular formula is C26H32FO5P3S. The Balaban J connectivity index is 1.68. The van der Waals surface area contributed by atoms with E-state index >= 15 is 0 Å². The van der Waals surface area contributed by atoms with E-state index in [2.05, 4.69) is 59.6 Å². The van der Waals surface area contributed by atoms with Crippen molar-refractivity contribution in [1.29, 1.82) is 0 Å². The molecule has 1 saturated heterocycles. The molecule has 3 unspecified atom stereocenters. The molecule has 5 nitrogen and oxygen atoms in total. The van der Waals surface area contributed by atoms with Crippen LogP contribution in [0.15, 0.2) is 54.6 Å². The molecule has 2 heterocycles. The number of aryl methyl sites for hydroxylation is 1. The maximum absolute atomic E-state index is 13.3. The molecule has 1 aliphatic rings. The van der Waals surface area contributed by atoms with Crippen molar-refractivity contribution in [3.63, 3.8) is 0 Å². The standard InChI is InChI=1S/C26H32FO5P3S/c1-4-21-23(30-33)24(31-34)25(32-35)26(28-3,29-21)18-8-5-15(2)17(13-18)14-20-11-12-22(36-20)16-6-9-19(27)10-7-16/h5-13,21,23-25H,4,14,33-35H2,1-3H3/t21-,23-,24+,25-,26+/m1/s1. The molecule has 1 fully saturated rings. The zero-order chi connectivity index (χ0) is 25.9. The van der Waals surface area contributed by atoms with Crippen molar-refractivity contribution in [3.05, 3.63) is 82.0 Å². The monoisotopic (exact) mass is 568 g/mol. The van der Waals surface area contributed by atoms with E-state index in [4.69, 9.17) is 23.0 Å². The SMILES string of the molecule is CC[C@H]1O[C@@](OC)(c2ccc(C)c(Cc3ccc(-c4ccc(F)cc4)s3)c2)[C@H](OP)[C@@H](OP)[C@@H]1OP. The van der Waals surface area contributed by atoms with E-state index in [0.29, 0.717) is 6.42 Å². The Morgan fingerprint density at radius 3 is 2.31 bits per heavy atom. The van der Waals surface area contributed by atoms with Gasteiger partial charge in [0.2, 0.25) is 5.79 Å². The molecule has 0 amide bonds. The normalized spacial score (nSPS) is 26.3. The molecule has 194 valence electrons. The summed E-state index contributed by atoms with van der Waals surface area (Å²) in [4.78, 5) is 2.31. The van der Waals surface area contributed by atoms with Crippen molar-refractivity contribution < 1.29 is 27.4 Å². The number of hydrogen-bond acceptors (Lipinski definition) is 6. The first-order valence-corrected chi connectivity index (χ1v) is 13.9. The van der Waals surface area contributed by atoms with E-state index in [1.54, 1.807) is 18.4 Å². The highest BCUT2D eigenvalue weighted by molar-refractivity contribution is 7.15. The van der Waals surface area contributed by atoms with Crippen LogP contribution in [-0.4, -0.2) is 31.5 Å². The Morgan fingerprint density at radius 2 is 1.69 bits per heavy atom. The highest BCUT2D eigenvalue weighted by atomic mass is 32.1. The zero-order valence-electron chi connectivity index (χ0n) is 20.5. The quantitative estimate of drug-likeness (QED) is 0.273. The first kappa shape index (κ1) is 28.2. The lowest BCUT2D eigenvalue weighted by atomic mass is 9.86. The average Bonchev–Trinajstić information content (AvgIpc) is 3.37. The zero-order valence-corrected chi connectivity index (χ0v) is 24.8. The minimum absolute atomic E-state index is 0.233. The highest BCUT2D eigenvalue weighted by Gasteiger charge is 2.57. The first-order chi connectivity index (χ1) is 17.4. The van der Waals surface area contributed by atoms with Gasteiger partial charge >= 0.3 is 0 Å². The third kappa shape index (κ3) is 5.47. The summed E-state index contributed by atoms with van der Waals surface area (Å²) in [5.74, 6) is -1.43. The molecular weight excluding hydrogens is 536 g/mol. The number of benzene rings is 2. The molecule has 2 aromatic carbocycles. The molecule has 10 heteroatoms. The summed E-state index contributed by atoms with van der Waals surface area (Å²) in [6.07, 6.45) is -0.240. The van der Waals surface area contributed by atoms with E-state index in [-0.39, 0.29) is 18.0 Å². The van der Waals surface area contributed by atoms with Gasteiger partial charge in [0, 0.05) is 57.2 Å². The predicted molar refractivity (Wildman–Crippen MR) is 151 cm³/mol. The van der Waals surface area contributed by atoms with Crippen LogP contribution in [0.25, 0.3) is 10.4 Å². The lowest BCUT2D eigenvalue weighted by Gasteiger charge is -2.51. The number of rotatable bonds is 9. The summed E-state index contributed by atoms with van der Waals surface area (Å²) in [6.45, 7) is 4.14. The van der Waals surface area contributed by atoms with Gasteiger partial charge in [-0.1, -0.05) is 31.2 Å². The number of hydrogen-bond donors (Lipinski definition) is 0. The smallest absolute Gasteiger partial charge is 0.225 e. The van der Waals surface area contributed by atoms with Gasteiger partial charge < -0.3 is 23.0 Å². The van der Waals surface area contributed by atoms with Gasteiger partial charge in [0.25, 0.3) is 0 Å². The molecule has 1 aromatic heterocycles. The molecule has 1 aliphatic heterocycles. The van der Waals surface area contributed by atoms with Gasteiger partial charge in [-0.3, -0.25) is 0 Å². The number of thiophene rings is 1. The lowest BCUT2D eigenvalue weighted by molar-refractivity contribution is -0.349. The molecule has 0 aliphatic carbocycles. The molecule has 0 radical (unpaired) electrons. The van der Waals surface area contributed by atoms with E-state index in [1.165, 1.54) is 17.0 Å². The van der Waals surface area contributed by atoms with Crippen molar-refractivity contribution in [2.75, 3.05) is 7.11 Å². The highest BCUT2D eigenvalue weighted by Crippen LogP contribution is 2.45. The maximum atomic E-state index is 13.3. The Hall–Kier alpha value is -0.840. The van der Waals surface area contributed by atoms with Crippen molar-refractivity contribution in [2.45, 2.75) is 56.9 Å². The summed E-state index contributed by atoms with van der Waals surface area (Å²) < 4.78 is 43.3. The molecule has 3 aromatic rings. The van der Waals surface area contributed by atoms with Crippen molar-refractivity contribution in [1.82, 2.24) is 0 Å². The maximum Gasteiger partial charge on any atom is 0.225 e. The number of halogens is 1. The lowest BCUT2D eigenvalue weighted by Crippen LogP contribution is -2.63. The second-order valence-corrected chi connectivity index (χ2v) is 10.8. The Morgan fingerprint density at radius 1 is 0.972 bits per heavy atom. The second-order valence-electron chi connectivity index (χ2n) is 8.79. The molecule has 0 N–H and O–H groups in total. The van der Waals surface area contributed by atoms with Crippen LogP contribution in [-0.2, 0) is 35.3 Å². The Bertz CT molecular complexity index is 1160. The largest absolute Gasteiger partial charge is 0.357 e. The van der Waals surface area contributed by atoms with Crippen LogP contribution < -0.4 is 0 Å². The average molecular weight is 569 g/mol. The van der Waals surface area contributed by atoms with E-state index in [9.17, 15) is 4.39 Å². The van der Waals surface area contributed by atoms with Crippen LogP contribution in [0.5, 0.6) is 0 Å². The van der Waals surface area contributed by atoms with Crippen LogP contribution in [0.3, 0.4) is 0 Å². The van der Waals surface area contributed by atoms with Gasteiger partial charge in [0.05, 0.1) is 6.10 Å². The fraction of sp³-hybridized carbons (Fsp3) is 0.385. The molecule has 0 spiro atoms. The second kappa shape index (κ2) is 12.3. The van der Waals surface area contributed by atoms with Gasteiger partial charge in [0.1, 0.15) is 24.1 Å². The summed E-state index contributed by atoms with van der Waals surface area (Å²) in [7, 11) is 8.58. The number of ether oxygens (including phenoxy) is 2. The topological polar surface area (TPSA) is 46.2 Å². The van der Waals surface area contributed by atoms with Gasteiger partial charge in [-0.05, 0) is 60.4 Å². The van der Waals surface area contributed by atoms with Gasteiger partial charge in [0.15, 0.2) is 0 Å². The van der Waals surface area contributed by atoms with Crippen LogP contribution >= 0.6 is 39.7 Å². The third-order valence-corrected chi connectivity index (χ3v) is 8.82. The fourth-order valence-electron chi connectivity index (χ4n) is 4.78. The van der Waals surface area contributed by atoms with Crippen molar-refractivity contribution >= 4 is 39.7 Å². The van der Waals surface area contributed by atoms with E-state index in [1.807, 2.05) is 25.1 Å². The minimum Gasteiger partial charge on any atom is -0.357 e. The van der Waals surface area contributed by atoms with Crippen molar-refractivity contribution in [2.24, 2.45) is 0 Å². The molecule has 36 heavy (non-hydrogen) atoms. The van der Waals surface area contributed by atoms with Crippen LogP contribution in [0.4, 0.5) is 4.39 Å². The molecule has 4 rings (SSSR count). The summed E-state index contributed by atoms with van der Waals surface area (Å²) in [6, 6.07) is 17.0. The number of methoxy groups -OCH3 is 1. The minimum atomic E-state index is -1.19. The predicted octanol–water partition coefficient (Wildman–Crippen LogP) is 6.59. The summed E-state index contributed by atoms with van der Waals surface area (Å²) >= 11 is 1.70. The van der Waals surface area contributed by atoms with Crippen LogP contribution in [0.1, 0.15) is 34.9 Å². The Labute approximate surface area is 223 Å². The first-order valence-electron chi connectivity index (χ1n) is 11.6. The van der Waals surface area contributed by atoms with E-state index < -0.39 is 18.0 Å². The van der Waals surface area contributed by atoms with Gasteiger partial charge in [-0.15, -0.1) is 11.3 Å². The molecule has 0 bridgehead atoms. The van der Waals surface area contributed by atoms with Gasteiger partial charge in [-0.25, -0.2) is 4.39 Å². The van der Waals surface area contributed by atoms with Crippen LogP contribution in [0.2, 0.25) is 0 Å². The summed E-state index contributed by atoms with van der Waals surface area (Å²) in [5.41, 5.74) is 4.18. The van der Waals surface area contributed by atoms with E-state index in [0.717, 1.165) is 33.6 Å². The Kier molecular flexibility index (Phi) is 9.66. The molecule has 8 atom stereocenters. The van der Waals surface area contributed by atoms with Crippen LogP contribution in [0, 0.1) is 12.7 Å². The summed E-state index contributed by atoms with van der Waals surface area (Å²) in [5, 5.41) is 0. The van der Waals surface area contributed by atoms with Gasteiger partial charge in [-0.2, -0.15) is 0 Å². The van der Waals surface area contributed by atoms with Crippen molar-refractivity contribution in [3.8, 4) is 10.4 Å². The molecule has 0 saturated carbocycles. The fourth-order valence-corrected chi connectivity index (χ4v) is 6.78. The third-order valence-electron chi connectivity index (χ3n) is 6.76.